The predicted molar refractivity (Wildman–Crippen MR) is 99.6 cm³/mol. The van der Waals surface area contributed by atoms with Gasteiger partial charge in [0.05, 0.1) is 5.02 Å². The van der Waals surface area contributed by atoms with E-state index in [9.17, 15) is 0 Å². The average Bonchev–Trinajstić information content (AvgIpc) is 2.86. The van der Waals surface area contributed by atoms with Crippen molar-refractivity contribution >= 4 is 17.2 Å². The molecule has 0 spiro atoms. The quantitative estimate of drug-likeness (QED) is 0.548. The first kappa shape index (κ1) is 15.6. The summed E-state index contributed by atoms with van der Waals surface area (Å²) in [6.07, 6.45) is 0. The molecular weight excluding hydrogens is 302 g/mol. The summed E-state index contributed by atoms with van der Waals surface area (Å²) >= 11 is 6.57. The fraction of sp³-hybridized carbons (Fsp3) is 0.143. The molecule has 0 N–H and O–H groups in total. The second-order valence-corrected chi connectivity index (χ2v) is 6.32. The molecule has 0 aliphatic rings. The Kier molecular flexibility index (Phi) is 4.14. The van der Waals surface area contributed by atoms with E-state index in [-0.39, 0.29) is 0 Å². The van der Waals surface area contributed by atoms with Gasteiger partial charge in [-0.25, -0.2) is 0 Å². The SMILES string of the molecule is C=C(c1ccccc1C)c1ccc(-n2c(C)ccc2C)cc1Cl. The smallest absolute Gasteiger partial charge is 0.0505 e. The van der Waals surface area contributed by atoms with Crippen molar-refractivity contribution in [2.75, 3.05) is 0 Å². The van der Waals surface area contributed by atoms with Crippen LogP contribution in [-0.4, -0.2) is 4.57 Å². The summed E-state index contributed by atoms with van der Waals surface area (Å²) in [7, 11) is 0. The predicted octanol–water partition coefficient (Wildman–Crippen LogP) is 6.12. The average molecular weight is 322 g/mol. The first-order valence-corrected chi connectivity index (χ1v) is 8.07. The second-order valence-electron chi connectivity index (χ2n) is 5.91. The summed E-state index contributed by atoms with van der Waals surface area (Å²) in [6, 6.07) is 18.7. The zero-order valence-electron chi connectivity index (χ0n) is 13.7. The largest absolute Gasteiger partial charge is 0.318 e. The number of hydrogen-bond donors (Lipinski definition) is 0. The second kappa shape index (κ2) is 6.10. The first-order valence-electron chi connectivity index (χ1n) is 7.69. The summed E-state index contributed by atoms with van der Waals surface area (Å²) < 4.78 is 2.20. The molecule has 0 unspecified atom stereocenters. The van der Waals surface area contributed by atoms with E-state index < -0.39 is 0 Å². The van der Waals surface area contributed by atoms with Crippen LogP contribution in [0.2, 0.25) is 5.02 Å². The zero-order chi connectivity index (χ0) is 16.6. The van der Waals surface area contributed by atoms with Crippen molar-refractivity contribution in [1.82, 2.24) is 4.57 Å². The molecule has 0 aliphatic heterocycles. The van der Waals surface area contributed by atoms with Gasteiger partial charge < -0.3 is 4.57 Å². The molecule has 3 aromatic rings. The molecule has 3 rings (SSSR count). The third-order valence-electron chi connectivity index (χ3n) is 4.28. The molecule has 0 fully saturated rings. The number of nitrogens with zero attached hydrogens (tertiary/aromatic N) is 1. The van der Waals surface area contributed by atoms with E-state index in [1.807, 2.05) is 18.2 Å². The molecule has 0 saturated carbocycles. The van der Waals surface area contributed by atoms with Crippen molar-refractivity contribution in [1.29, 1.82) is 0 Å². The molecular formula is C21H20ClN. The van der Waals surface area contributed by atoms with Gasteiger partial charge in [0.2, 0.25) is 0 Å². The summed E-state index contributed by atoms with van der Waals surface area (Å²) in [5.74, 6) is 0. The van der Waals surface area contributed by atoms with Gasteiger partial charge in [0.1, 0.15) is 0 Å². The molecule has 0 atom stereocenters. The van der Waals surface area contributed by atoms with E-state index in [0.717, 1.165) is 27.4 Å². The lowest BCUT2D eigenvalue weighted by atomic mass is 9.95. The molecule has 1 aromatic heterocycles. The molecule has 2 aromatic carbocycles. The van der Waals surface area contributed by atoms with E-state index in [2.05, 4.69) is 68.3 Å². The van der Waals surface area contributed by atoms with Crippen molar-refractivity contribution in [2.45, 2.75) is 20.8 Å². The number of aromatic nitrogens is 1. The lowest BCUT2D eigenvalue weighted by Gasteiger charge is -2.14. The Balaban J connectivity index is 2.04. The molecule has 0 aliphatic carbocycles. The Morgan fingerprint density at radius 2 is 1.52 bits per heavy atom. The molecule has 116 valence electrons. The van der Waals surface area contributed by atoms with Crippen LogP contribution < -0.4 is 0 Å². The maximum atomic E-state index is 6.57. The Hall–Kier alpha value is -2.25. The number of hydrogen-bond acceptors (Lipinski definition) is 0. The van der Waals surface area contributed by atoms with Crippen LogP contribution in [0.1, 0.15) is 28.1 Å². The van der Waals surface area contributed by atoms with Gasteiger partial charge in [-0.05, 0) is 61.7 Å². The lowest BCUT2D eigenvalue weighted by Crippen LogP contribution is -1.99. The van der Waals surface area contributed by atoms with E-state index in [1.165, 1.54) is 17.0 Å². The van der Waals surface area contributed by atoms with Crippen molar-refractivity contribution in [3.63, 3.8) is 0 Å². The van der Waals surface area contributed by atoms with E-state index in [1.54, 1.807) is 0 Å². The summed E-state index contributed by atoms with van der Waals surface area (Å²) in [5, 5.41) is 0.725. The van der Waals surface area contributed by atoms with E-state index in [0.29, 0.717) is 0 Å². The number of halogens is 1. The van der Waals surface area contributed by atoms with Crippen LogP contribution in [0.3, 0.4) is 0 Å². The minimum atomic E-state index is 0.725. The van der Waals surface area contributed by atoms with Crippen molar-refractivity contribution < 1.29 is 0 Å². The van der Waals surface area contributed by atoms with Gasteiger partial charge in [-0.3, -0.25) is 0 Å². The Morgan fingerprint density at radius 3 is 2.13 bits per heavy atom. The van der Waals surface area contributed by atoms with E-state index in [4.69, 9.17) is 11.6 Å². The fourth-order valence-electron chi connectivity index (χ4n) is 3.02. The molecule has 0 radical (unpaired) electrons. The van der Waals surface area contributed by atoms with Crippen LogP contribution >= 0.6 is 11.6 Å². The fourth-order valence-corrected chi connectivity index (χ4v) is 3.31. The molecule has 23 heavy (non-hydrogen) atoms. The van der Waals surface area contributed by atoms with Crippen LogP contribution in [0.25, 0.3) is 11.3 Å². The van der Waals surface area contributed by atoms with Gasteiger partial charge >= 0.3 is 0 Å². The maximum absolute atomic E-state index is 6.57. The highest BCUT2D eigenvalue weighted by atomic mass is 35.5. The highest BCUT2D eigenvalue weighted by Crippen LogP contribution is 2.31. The van der Waals surface area contributed by atoms with E-state index >= 15 is 0 Å². The topological polar surface area (TPSA) is 4.93 Å². The van der Waals surface area contributed by atoms with Gasteiger partial charge in [0.15, 0.2) is 0 Å². The Morgan fingerprint density at radius 1 is 0.870 bits per heavy atom. The van der Waals surface area contributed by atoms with Crippen molar-refractivity contribution in [3.8, 4) is 5.69 Å². The molecule has 2 heteroatoms. The summed E-state index contributed by atoms with van der Waals surface area (Å²) in [6.45, 7) is 10.5. The highest BCUT2D eigenvalue weighted by Gasteiger charge is 2.11. The zero-order valence-corrected chi connectivity index (χ0v) is 14.5. The van der Waals surface area contributed by atoms with Gasteiger partial charge in [-0.2, -0.15) is 0 Å². The Bertz CT molecular complexity index is 867. The highest BCUT2D eigenvalue weighted by molar-refractivity contribution is 6.32. The van der Waals surface area contributed by atoms with Crippen LogP contribution in [0.4, 0.5) is 0 Å². The number of rotatable bonds is 3. The number of aryl methyl sites for hydroxylation is 3. The maximum Gasteiger partial charge on any atom is 0.0505 e. The lowest BCUT2D eigenvalue weighted by molar-refractivity contribution is 0.966. The van der Waals surface area contributed by atoms with Gasteiger partial charge in [-0.1, -0.05) is 48.5 Å². The normalized spacial score (nSPS) is 10.8. The molecule has 0 bridgehead atoms. The van der Waals surface area contributed by atoms with Gasteiger partial charge in [-0.15, -0.1) is 0 Å². The molecule has 1 nitrogen and oxygen atoms in total. The van der Waals surface area contributed by atoms with Gasteiger partial charge in [0.25, 0.3) is 0 Å². The third kappa shape index (κ3) is 2.85. The minimum Gasteiger partial charge on any atom is -0.318 e. The van der Waals surface area contributed by atoms with Crippen molar-refractivity contribution in [2.24, 2.45) is 0 Å². The van der Waals surface area contributed by atoms with Crippen LogP contribution in [0, 0.1) is 20.8 Å². The van der Waals surface area contributed by atoms with Crippen LogP contribution in [-0.2, 0) is 0 Å². The van der Waals surface area contributed by atoms with Gasteiger partial charge in [0, 0.05) is 22.6 Å². The standard InChI is InChI=1S/C21H20ClN/c1-14-7-5-6-8-19(14)17(4)20-12-11-18(13-21(20)22)23-15(2)9-10-16(23)3/h5-13H,4H2,1-3H3. The molecule has 0 amide bonds. The monoisotopic (exact) mass is 321 g/mol. The summed E-state index contributed by atoms with van der Waals surface area (Å²) in [5.41, 5.74) is 7.75. The van der Waals surface area contributed by atoms with Crippen molar-refractivity contribution in [3.05, 3.63) is 94.3 Å². The van der Waals surface area contributed by atoms with Crippen LogP contribution in [0.5, 0.6) is 0 Å². The summed E-state index contributed by atoms with van der Waals surface area (Å²) in [4.78, 5) is 0. The van der Waals surface area contributed by atoms with Crippen LogP contribution in [0.15, 0.2) is 61.2 Å². The first-order chi connectivity index (χ1) is 11.0. The number of benzene rings is 2. The Labute approximate surface area is 142 Å². The minimum absolute atomic E-state index is 0.725. The third-order valence-corrected chi connectivity index (χ3v) is 4.59. The molecule has 1 heterocycles. The molecule has 0 saturated heterocycles.